The first-order valence-corrected chi connectivity index (χ1v) is 9.12. The van der Waals surface area contributed by atoms with Gasteiger partial charge in [0.1, 0.15) is 12.2 Å². The fraction of sp³-hybridized carbons (Fsp3) is 0.550. The molecule has 0 bridgehead atoms. The number of hydrogen-bond acceptors (Lipinski definition) is 6. The number of esters is 1. The maximum atomic E-state index is 12.5. The van der Waals surface area contributed by atoms with Crippen LogP contribution in [-0.2, 0) is 25.6 Å². The van der Waals surface area contributed by atoms with Crippen LogP contribution in [0.2, 0.25) is 0 Å². The number of ether oxygens (including phenoxy) is 3. The number of methoxy groups -OCH3 is 1. The highest BCUT2D eigenvalue weighted by atomic mass is 16.6. The third-order valence-electron chi connectivity index (χ3n) is 3.53. The lowest BCUT2D eigenvalue weighted by Gasteiger charge is -2.27. The van der Waals surface area contributed by atoms with E-state index in [-0.39, 0.29) is 26.1 Å². The largest absolute Gasteiger partial charge is 0.469 e. The summed E-state index contributed by atoms with van der Waals surface area (Å²) in [6, 6.07) is 8.86. The molecule has 1 rings (SSSR count). The topological polar surface area (TPSA) is 94.2 Å². The number of nitrogens with one attached hydrogen (secondary N) is 1. The van der Waals surface area contributed by atoms with Gasteiger partial charge in [-0.2, -0.15) is 0 Å². The van der Waals surface area contributed by atoms with Crippen molar-refractivity contribution >= 4 is 18.2 Å². The van der Waals surface area contributed by atoms with Crippen LogP contribution < -0.4 is 5.32 Å². The molecule has 0 heterocycles. The normalized spacial score (nSPS) is 11.9. The minimum absolute atomic E-state index is 0.0239. The summed E-state index contributed by atoms with van der Waals surface area (Å²) >= 11 is 0. The van der Waals surface area contributed by atoms with E-state index in [0.29, 0.717) is 0 Å². The molecule has 0 fully saturated rings. The highest BCUT2D eigenvalue weighted by molar-refractivity contribution is 5.72. The molecule has 0 saturated carbocycles. The maximum absolute atomic E-state index is 12.5. The first-order chi connectivity index (χ1) is 13.1. The Morgan fingerprint density at radius 3 is 2.36 bits per heavy atom. The van der Waals surface area contributed by atoms with Gasteiger partial charge < -0.3 is 24.4 Å². The van der Waals surface area contributed by atoms with Gasteiger partial charge in [0.05, 0.1) is 13.5 Å². The van der Waals surface area contributed by atoms with Crippen LogP contribution in [0.1, 0.15) is 39.7 Å². The summed E-state index contributed by atoms with van der Waals surface area (Å²) in [4.78, 5) is 37.2. The first kappa shape index (κ1) is 23.3. The minimum Gasteiger partial charge on any atom is -0.469 e. The molecule has 8 heteroatoms. The van der Waals surface area contributed by atoms with Gasteiger partial charge in [0.2, 0.25) is 0 Å². The van der Waals surface area contributed by atoms with Gasteiger partial charge in [-0.25, -0.2) is 9.59 Å². The molecule has 156 valence electrons. The van der Waals surface area contributed by atoms with Crippen LogP contribution in [-0.4, -0.2) is 54.9 Å². The monoisotopic (exact) mass is 394 g/mol. The van der Waals surface area contributed by atoms with Crippen molar-refractivity contribution in [3.05, 3.63) is 35.9 Å². The molecule has 1 aromatic rings. The van der Waals surface area contributed by atoms with E-state index in [1.165, 1.54) is 12.0 Å². The van der Waals surface area contributed by atoms with Gasteiger partial charge in [0.15, 0.2) is 0 Å². The maximum Gasteiger partial charge on any atom is 0.410 e. The Kier molecular flexibility index (Phi) is 9.27. The zero-order chi connectivity index (χ0) is 21.2. The Bertz CT molecular complexity index is 642. The van der Waals surface area contributed by atoms with Gasteiger partial charge in [-0.3, -0.25) is 4.79 Å². The number of rotatable bonds is 8. The zero-order valence-corrected chi connectivity index (χ0v) is 17.2. The molecule has 0 aliphatic carbocycles. The van der Waals surface area contributed by atoms with Gasteiger partial charge in [-0.05, 0) is 33.3 Å². The molecular formula is C20H30N2O6. The number of nitrogens with zero attached hydrogens (tertiary/aromatic N) is 1. The lowest BCUT2D eigenvalue weighted by molar-refractivity contribution is -0.140. The molecule has 0 spiro atoms. The van der Waals surface area contributed by atoms with Gasteiger partial charge in [0, 0.05) is 19.1 Å². The molecule has 0 unspecified atom stereocenters. The average Bonchev–Trinajstić information content (AvgIpc) is 2.61. The molecule has 2 amide bonds. The fourth-order valence-electron chi connectivity index (χ4n) is 2.28. The number of carbonyl (C=O) groups is 3. The minimum atomic E-state index is -0.622. The molecule has 0 saturated heterocycles. The summed E-state index contributed by atoms with van der Waals surface area (Å²) in [5.41, 5.74) is 0.229. The molecule has 0 aliphatic rings. The Labute approximate surface area is 166 Å². The molecule has 0 aromatic heterocycles. The Hall–Kier alpha value is -2.77. The lowest BCUT2D eigenvalue weighted by atomic mass is 10.2. The highest BCUT2D eigenvalue weighted by Crippen LogP contribution is 2.08. The van der Waals surface area contributed by atoms with E-state index in [2.05, 4.69) is 10.1 Å². The summed E-state index contributed by atoms with van der Waals surface area (Å²) in [7, 11) is 1.28. The Balaban J connectivity index is 2.65. The second-order valence-corrected chi connectivity index (χ2v) is 7.36. The molecule has 1 N–H and O–H groups in total. The predicted molar refractivity (Wildman–Crippen MR) is 104 cm³/mol. The van der Waals surface area contributed by atoms with Crippen molar-refractivity contribution in [2.45, 2.75) is 52.4 Å². The van der Waals surface area contributed by atoms with Crippen LogP contribution in [0.25, 0.3) is 0 Å². The summed E-state index contributed by atoms with van der Waals surface area (Å²) in [5, 5.41) is 2.67. The van der Waals surface area contributed by atoms with Crippen LogP contribution >= 0.6 is 0 Å². The third-order valence-corrected chi connectivity index (χ3v) is 3.53. The van der Waals surface area contributed by atoms with Crippen molar-refractivity contribution in [2.75, 3.05) is 20.2 Å². The summed E-state index contributed by atoms with van der Waals surface area (Å²) in [6.07, 6.45) is -1.13. The van der Waals surface area contributed by atoms with Crippen LogP contribution in [0, 0.1) is 0 Å². The molecular weight excluding hydrogens is 364 g/mol. The molecule has 8 nitrogen and oxygen atoms in total. The fourth-order valence-corrected chi connectivity index (χ4v) is 2.28. The summed E-state index contributed by atoms with van der Waals surface area (Å²) < 4.78 is 15.2. The first-order valence-electron chi connectivity index (χ1n) is 9.12. The molecule has 1 aromatic carbocycles. The van der Waals surface area contributed by atoms with Crippen LogP contribution in [0.15, 0.2) is 30.3 Å². The van der Waals surface area contributed by atoms with Crippen molar-refractivity contribution in [2.24, 2.45) is 0 Å². The van der Waals surface area contributed by atoms with Crippen LogP contribution in [0.5, 0.6) is 0 Å². The van der Waals surface area contributed by atoms with Crippen molar-refractivity contribution in [1.82, 2.24) is 10.2 Å². The van der Waals surface area contributed by atoms with Gasteiger partial charge >= 0.3 is 18.2 Å². The third kappa shape index (κ3) is 9.80. The number of alkyl carbamates (subject to hydrolysis) is 1. The molecule has 0 radical (unpaired) electrons. The second-order valence-electron chi connectivity index (χ2n) is 7.36. The smallest absolute Gasteiger partial charge is 0.410 e. The number of amides is 2. The van der Waals surface area contributed by atoms with Crippen LogP contribution in [0.3, 0.4) is 0 Å². The second kappa shape index (κ2) is 11.2. The standard InChI is InChI=1S/C20H30N2O6/c1-15(21-18(24)28-20(2,3)4)13-22(12-11-17(23)26-5)19(25)27-14-16-9-7-6-8-10-16/h6-10,15H,11-14H2,1-5H3,(H,21,24)/t15-/m1/s1. The van der Waals surface area contributed by atoms with Crippen LogP contribution in [0.4, 0.5) is 9.59 Å². The number of benzene rings is 1. The van der Waals surface area contributed by atoms with Crippen molar-refractivity contribution in [3.8, 4) is 0 Å². The van der Waals surface area contributed by atoms with Gasteiger partial charge in [-0.15, -0.1) is 0 Å². The van der Waals surface area contributed by atoms with Crippen molar-refractivity contribution in [1.29, 1.82) is 0 Å². The quantitative estimate of drug-likeness (QED) is 0.538. The SMILES string of the molecule is COC(=O)CCN(C[C@@H](C)NC(=O)OC(C)(C)C)C(=O)OCc1ccccc1. The summed E-state index contributed by atoms with van der Waals surface area (Å²) in [6.45, 7) is 7.41. The average molecular weight is 394 g/mol. The lowest BCUT2D eigenvalue weighted by Crippen LogP contribution is -2.46. The van der Waals surface area contributed by atoms with Gasteiger partial charge in [0.25, 0.3) is 0 Å². The van der Waals surface area contributed by atoms with Crippen molar-refractivity contribution < 1.29 is 28.6 Å². The van der Waals surface area contributed by atoms with E-state index >= 15 is 0 Å². The number of carbonyl (C=O) groups excluding carboxylic acids is 3. The Morgan fingerprint density at radius 1 is 1.14 bits per heavy atom. The predicted octanol–water partition coefficient (Wildman–Crippen LogP) is 3.10. The molecule has 0 aliphatic heterocycles. The molecule has 28 heavy (non-hydrogen) atoms. The van der Waals surface area contributed by atoms with E-state index in [0.717, 1.165) is 5.56 Å². The van der Waals surface area contributed by atoms with E-state index in [1.54, 1.807) is 27.7 Å². The Morgan fingerprint density at radius 2 is 1.79 bits per heavy atom. The molecule has 1 atom stereocenters. The number of hydrogen-bond donors (Lipinski definition) is 1. The zero-order valence-electron chi connectivity index (χ0n) is 17.2. The van der Waals surface area contributed by atoms with E-state index in [4.69, 9.17) is 9.47 Å². The van der Waals surface area contributed by atoms with Gasteiger partial charge in [-0.1, -0.05) is 30.3 Å². The van der Waals surface area contributed by atoms with E-state index in [1.807, 2.05) is 30.3 Å². The van der Waals surface area contributed by atoms with E-state index < -0.39 is 29.8 Å². The van der Waals surface area contributed by atoms with E-state index in [9.17, 15) is 14.4 Å². The van der Waals surface area contributed by atoms with Crippen molar-refractivity contribution in [3.63, 3.8) is 0 Å². The highest BCUT2D eigenvalue weighted by Gasteiger charge is 2.22. The summed E-state index contributed by atoms with van der Waals surface area (Å²) in [5.74, 6) is -0.436.